The second kappa shape index (κ2) is 20.6. The average Bonchev–Trinajstić information content (AvgIpc) is 3.15. The van der Waals surface area contributed by atoms with Gasteiger partial charge in [0.2, 0.25) is 0 Å². The van der Waals surface area contributed by atoms with E-state index >= 15 is 0 Å². The van der Waals surface area contributed by atoms with Crippen LogP contribution in [0.3, 0.4) is 0 Å². The summed E-state index contributed by atoms with van der Waals surface area (Å²) >= 11 is 0. The molecule has 288 valence electrons. The molecule has 0 N–H and O–H groups in total. The van der Waals surface area contributed by atoms with Gasteiger partial charge in [0.1, 0.15) is 0 Å². The van der Waals surface area contributed by atoms with Gasteiger partial charge < -0.3 is 16.5 Å². The van der Waals surface area contributed by atoms with Crippen LogP contribution in [0.1, 0.15) is 142 Å². The zero-order chi connectivity index (χ0) is 38.7. The van der Waals surface area contributed by atoms with Crippen LogP contribution in [0.15, 0.2) is 72.8 Å². The molecule has 4 aromatic carbocycles. The minimum Gasteiger partial charge on any atom is -0.401 e. The van der Waals surface area contributed by atoms with Gasteiger partial charge in [-0.15, -0.1) is 0 Å². The summed E-state index contributed by atoms with van der Waals surface area (Å²) < 4.78 is 29.6. The van der Waals surface area contributed by atoms with E-state index in [-0.39, 0.29) is 0 Å². The Balaban J connectivity index is 1.78. The molecule has 0 saturated heterocycles. The van der Waals surface area contributed by atoms with Crippen LogP contribution in [0.25, 0.3) is 0 Å². The van der Waals surface area contributed by atoms with E-state index in [1.807, 2.05) is 0 Å². The number of hydrogen-bond donors (Lipinski definition) is 0. The zero-order valence-electron chi connectivity index (χ0n) is 35.0. The lowest BCUT2D eigenvalue weighted by molar-refractivity contribution is 0.169. The predicted molar refractivity (Wildman–Crippen MR) is 240 cm³/mol. The smallest absolute Gasteiger partial charge is 0.401 e. The van der Waals surface area contributed by atoms with E-state index in [0.29, 0.717) is 22.2 Å². The van der Waals surface area contributed by atoms with Crippen LogP contribution in [-0.2, 0) is 16.5 Å². The summed E-state index contributed by atoms with van der Waals surface area (Å²) in [6, 6.07) is 27.0. The molecule has 4 atom stereocenters. The van der Waals surface area contributed by atoms with Crippen LogP contribution < -0.4 is 0 Å². The van der Waals surface area contributed by atoms with Crippen molar-refractivity contribution in [2.24, 2.45) is 0 Å². The monoisotopic (exact) mass is 800 g/mol. The van der Waals surface area contributed by atoms with Crippen molar-refractivity contribution in [3.8, 4) is 0 Å². The summed E-state index contributed by atoms with van der Waals surface area (Å²) in [7, 11) is -8.10. The number of rotatable bonds is 20. The second-order valence-corrected chi connectivity index (χ2v) is 26.2. The maximum atomic E-state index is 7.40. The lowest BCUT2D eigenvalue weighted by atomic mass is 10.00. The third kappa shape index (κ3) is 11.0. The maximum absolute atomic E-state index is 7.40. The van der Waals surface area contributed by atoms with Gasteiger partial charge in [-0.25, -0.2) is 0 Å². The first-order chi connectivity index (χ1) is 25.4. The maximum Gasteiger partial charge on any atom is 0.635 e. The highest BCUT2D eigenvalue weighted by Gasteiger charge is 2.46. The Morgan fingerprint density at radius 1 is 0.377 bits per heavy atom. The van der Waals surface area contributed by atoms with Gasteiger partial charge in [0.05, 0.1) is 0 Å². The van der Waals surface area contributed by atoms with Crippen LogP contribution in [0.4, 0.5) is 0 Å². The van der Waals surface area contributed by atoms with Crippen molar-refractivity contribution in [2.45, 2.75) is 131 Å². The van der Waals surface area contributed by atoms with E-state index in [9.17, 15) is 0 Å². The summed E-state index contributed by atoms with van der Waals surface area (Å²) in [6.45, 7) is 27.2. The molecular weight excluding hydrogens is 733 g/mol. The van der Waals surface area contributed by atoms with Crippen LogP contribution in [0, 0.1) is 55.4 Å². The Morgan fingerprint density at radius 2 is 0.585 bits per heavy atom. The molecule has 4 aromatic rings. The minimum atomic E-state index is -3.52. The Bertz CT molecular complexity index is 1520. The molecule has 9 heteroatoms. The van der Waals surface area contributed by atoms with Gasteiger partial charge in [0.25, 0.3) is 0 Å². The van der Waals surface area contributed by atoms with E-state index in [1.54, 1.807) is 0 Å². The SMILES string of the molecule is CCC([SiH2]O[Si](O[SiH2]C(CC)c1cccc(C)c1C)(O[SiH2]C(CC)c1cccc(C)c1C)O[SiH2]C(CC)c1cccc(C)c1C)c1cccc(C)c1C. The topological polar surface area (TPSA) is 36.9 Å². The van der Waals surface area contributed by atoms with Crippen LogP contribution in [-0.4, -0.2) is 48.1 Å². The molecule has 0 saturated carbocycles. The largest absolute Gasteiger partial charge is 0.635 e. The quantitative estimate of drug-likeness (QED) is 0.0838. The van der Waals surface area contributed by atoms with E-state index in [4.69, 9.17) is 16.5 Å². The van der Waals surface area contributed by atoms with Crippen molar-refractivity contribution in [2.75, 3.05) is 0 Å². The lowest BCUT2D eigenvalue weighted by Crippen LogP contribution is -2.54. The molecule has 0 aliphatic heterocycles. The minimum absolute atomic E-state index is 0.366. The fourth-order valence-electron chi connectivity index (χ4n) is 7.64. The normalized spacial score (nSPS) is 16.1. The summed E-state index contributed by atoms with van der Waals surface area (Å²) in [5, 5.41) is 0. The van der Waals surface area contributed by atoms with Gasteiger partial charge in [-0.05, 0) is 144 Å². The number of hydrogen-bond acceptors (Lipinski definition) is 4. The summed E-state index contributed by atoms with van der Waals surface area (Å²) in [5.41, 5.74) is 18.0. The first-order valence-electron chi connectivity index (χ1n) is 20.2. The Labute approximate surface area is 333 Å². The van der Waals surface area contributed by atoms with Crippen molar-refractivity contribution >= 4 is 48.1 Å². The van der Waals surface area contributed by atoms with E-state index in [0.717, 1.165) is 25.7 Å². The highest BCUT2D eigenvalue weighted by atomic mass is 28.5. The summed E-state index contributed by atoms with van der Waals surface area (Å²) in [5.74, 6) is 0. The van der Waals surface area contributed by atoms with Crippen LogP contribution in [0.5, 0.6) is 0 Å². The van der Waals surface area contributed by atoms with Gasteiger partial charge >= 0.3 is 9.05 Å². The van der Waals surface area contributed by atoms with E-state index < -0.39 is 48.1 Å². The van der Waals surface area contributed by atoms with Gasteiger partial charge in [-0.3, -0.25) is 0 Å². The summed E-state index contributed by atoms with van der Waals surface area (Å²) in [6.07, 6.45) is 4.14. The van der Waals surface area contributed by atoms with Gasteiger partial charge in [0.15, 0.2) is 39.1 Å². The van der Waals surface area contributed by atoms with Gasteiger partial charge in [-0.1, -0.05) is 126 Å². The van der Waals surface area contributed by atoms with E-state index in [2.05, 4.69) is 156 Å². The van der Waals surface area contributed by atoms with Crippen molar-refractivity contribution in [1.82, 2.24) is 0 Å². The van der Waals surface area contributed by atoms with Crippen LogP contribution in [0.2, 0.25) is 0 Å². The molecule has 4 unspecified atom stereocenters. The predicted octanol–water partition coefficient (Wildman–Crippen LogP) is 8.90. The molecule has 0 amide bonds. The van der Waals surface area contributed by atoms with Crippen LogP contribution >= 0.6 is 0 Å². The highest BCUT2D eigenvalue weighted by molar-refractivity contribution is 6.72. The average molecular weight is 801 g/mol. The molecule has 4 nitrogen and oxygen atoms in total. The molecular formula is C44H68O4Si5. The molecule has 0 aliphatic rings. The fraction of sp³-hybridized carbons (Fsp3) is 0.455. The number of aryl methyl sites for hydroxylation is 4. The Morgan fingerprint density at radius 3 is 0.774 bits per heavy atom. The third-order valence-corrected chi connectivity index (χ3v) is 26.2. The molecule has 0 aliphatic carbocycles. The molecule has 4 rings (SSSR count). The molecule has 53 heavy (non-hydrogen) atoms. The van der Waals surface area contributed by atoms with Crippen molar-refractivity contribution in [3.05, 3.63) is 140 Å². The molecule has 0 fully saturated rings. The van der Waals surface area contributed by atoms with Gasteiger partial charge in [0, 0.05) is 0 Å². The first kappa shape index (κ1) is 43.5. The van der Waals surface area contributed by atoms with E-state index in [1.165, 1.54) is 66.8 Å². The molecule has 0 heterocycles. The molecule has 0 aromatic heterocycles. The summed E-state index contributed by atoms with van der Waals surface area (Å²) in [4.78, 5) is 0. The Hall–Kier alpha value is -2.20. The van der Waals surface area contributed by atoms with Crippen molar-refractivity contribution in [3.63, 3.8) is 0 Å². The van der Waals surface area contributed by atoms with Gasteiger partial charge in [-0.2, -0.15) is 0 Å². The number of benzene rings is 4. The van der Waals surface area contributed by atoms with Crippen molar-refractivity contribution < 1.29 is 16.5 Å². The van der Waals surface area contributed by atoms with Crippen molar-refractivity contribution in [1.29, 1.82) is 0 Å². The molecule has 0 spiro atoms. The first-order valence-corrected chi connectivity index (χ1v) is 27.4. The molecule has 0 bridgehead atoms. The zero-order valence-corrected chi connectivity index (χ0v) is 41.7. The Kier molecular flexibility index (Phi) is 17.0. The fourth-order valence-corrected chi connectivity index (χ4v) is 24.1. The highest BCUT2D eigenvalue weighted by Crippen LogP contribution is 2.32. The standard InChI is InChI=1S/C44H68O4Si5/c1-13-41(37-25-17-21-29(5)33(37)9)49-45-53(46-50-42(14-2)38-26-18-22-30(6)34(38)10,47-51-43(15-3)39-27-19-23-31(7)35(39)11)48-52-44(16-4)40-28-20-24-32(8)36(40)12/h17-28,41-44H,13-16,49-52H2,1-12H3. The molecule has 0 radical (unpaired) electrons. The third-order valence-electron chi connectivity index (χ3n) is 12.2. The lowest BCUT2D eigenvalue weighted by Gasteiger charge is -2.35. The second-order valence-electron chi connectivity index (χ2n) is 15.3.